The van der Waals surface area contributed by atoms with Crippen LogP contribution in [0.25, 0.3) is 0 Å². The third kappa shape index (κ3) is 4.95. The first-order valence-corrected chi connectivity index (χ1v) is 10.4. The molecule has 2 aromatic rings. The molecular weight excluding hydrogens is 384 g/mol. The maximum absolute atomic E-state index is 12.4. The number of benzene rings is 1. The molecule has 0 bridgehead atoms. The van der Waals surface area contributed by atoms with E-state index in [1.165, 1.54) is 0 Å². The highest BCUT2D eigenvalue weighted by Gasteiger charge is 2.16. The minimum absolute atomic E-state index is 0.0119. The summed E-state index contributed by atoms with van der Waals surface area (Å²) in [4.78, 5) is 18.8. The molecule has 0 amide bonds. The molecular formula is C21H32N6O3. The van der Waals surface area contributed by atoms with E-state index in [9.17, 15) is 4.79 Å². The van der Waals surface area contributed by atoms with E-state index in [0.717, 1.165) is 61.1 Å². The molecule has 1 aliphatic heterocycles. The van der Waals surface area contributed by atoms with Crippen LogP contribution in [0.5, 0.6) is 11.5 Å². The van der Waals surface area contributed by atoms with Gasteiger partial charge < -0.3 is 19.7 Å². The van der Waals surface area contributed by atoms with Crippen molar-refractivity contribution in [2.45, 2.75) is 45.3 Å². The van der Waals surface area contributed by atoms with Crippen LogP contribution < -0.4 is 20.5 Å². The summed E-state index contributed by atoms with van der Waals surface area (Å²) in [5.41, 5.74) is 1.05. The number of guanidine groups is 1. The highest BCUT2D eigenvalue weighted by atomic mass is 16.5. The Kier molecular flexibility index (Phi) is 7.37. The van der Waals surface area contributed by atoms with Gasteiger partial charge in [0.05, 0.1) is 14.2 Å². The molecule has 2 heterocycles. The van der Waals surface area contributed by atoms with Crippen molar-refractivity contribution < 1.29 is 9.47 Å². The van der Waals surface area contributed by atoms with E-state index >= 15 is 0 Å². The number of hydrogen-bond donors (Lipinski definition) is 1. The lowest BCUT2D eigenvalue weighted by Crippen LogP contribution is -2.39. The predicted octanol–water partition coefficient (Wildman–Crippen LogP) is 1.50. The van der Waals surface area contributed by atoms with Crippen molar-refractivity contribution in [3.8, 4) is 11.5 Å². The molecule has 9 nitrogen and oxygen atoms in total. The summed E-state index contributed by atoms with van der Waals surface area (Å²) in [6.07, 6.45) is 3.85. The van der Waals surface area contributed by atoms with Gasteiger partial charge >= 0.3 is 5.69 Å². The highest BCUT2D eigenvalue weighted by molar-refractivity contribution is 5.79. The van der Waals surface area contributed by atoms with Crippen molar-refractivity contribution in [3.63, 3.8) is 0 Å². The normalized spacial score (nSPS) is 13.7. The number of aromatic nitrogens is 3. The Labute approximate surface area is 177 Å². The van der Waals surface area contributed by atoms with Gasteiger partial charge in [-0.3, -0.25) is 9.56 Å². The molecule has 1 N–H and O–H groups in total. The van der Waals surface area contributed by atoms with Crippen molar-refractivity contribution in [2.75, 3.05) is 34.9 Å². The van der Waals surface area contributed by atoms with Crippen LogP contribution in [-0.4, -0.2) is 60.1 Å². The second kappa shape index (κ2) is 10.2. The van der Waals surface area contributed by atoms with Crippen molar-refractivity contribution in [1.29, 1.82) is 0 Å². The Morgan fingerprint density at radius 2 is 2.13 bits per heavy atom. The average Bonchev–Trinajstić information content (AvgIpc) is 3.09. The molecule has 0 fully saturated rings. The van der Waals surface area contributed by atoms with Gasteiger partial charge in [-0.15, -0.1) is 0 Å². The number of aliphatic imine (C=N–C) groups is 1. The third-order valence-electron chi connectivity index (χ3n) is 5.34. The number of fused-ring (bicyclic) bond motifs is 1. The Morgan fingerprint density at radius 3 is 2.83 bits per heavy atom. The van der Waals surface area contributed by atoms with Gasteiger partial charge in [-0.2, -0.15) is 5.10 Å². The van der Waals surface area contributed by atoms with Gasteiger partial charge in [0.25, 0.3) is 0 Å². The molecule has 0 atom stereocenters. The zero-order valence-corrected chi connectivity index (χ0v) is 18.3. The summed E-state index contributed by atoms with van der Waals surface area (Å²) < 4.78 is 14.2. The van der Waals surface area contributed by atoms with Crippen LogP contribution in [-0.2, 0) is 26.1 Å². The fourth-order valence-corrected chi connectivity index (χ4v) is 3.72. The molecule has 1 aromatic heterocycles. The lowest BCUT2D eigenvalue weighted by atomic mass is 10.2. The molecule has 1 aliphatic rings. The summed E-state index contributed by atoms with van der Waals surface area (Å²) in [5, 5.41) is 7.85. The minimum atomic E-state index is 0.0119. The van der Waals surface area contributed by atoms with Gasteiger partial charge in [0.2, 0.25) is 0 Å². The number of methoxy groups -OCH3 is 2. The van der Waals surface area contributed by atoms with Crippen LogP contribution in [0.2, 0.25) is 0 Å². The predicted molar refractivity (Wildman–Crippen MR) is 116 cm³/mol. The number of ether oxygens (including phenoxy) is 2. The standard InChI is InChI=1S/C21H32N6O3/c1-22-20(25(2)15-16-9-10-17(29-3)14-18(16)30-4)23-11-7-13-27-21(28)26-12-6-5-8-19(26)24-27/h9-10,14H,5-8,11-13,15H2,1-4H3,(H,22,23). The van der Waals surface area contributed by atoms with Gasteiger partial charge in [-0.1, -0.05) is 0 Å². The summed E-state index contributed by atoms with van der Waals surface area (Å²) in [6, 6.07) is 5.79. The Hall–Kier alpha value is -2.97. The van der Waals surface area contributed by atoms with Crippen LogP contribution in [0.4, 0.5) is 0 Å². The second-order valence-electron chi connectivity index (χ2n) is 7.39. The molecule has 0 spiro atoms. The van der Waals surface area contributed by atoms with Crippen LogP contribution in [0, 0.1) is 0 Å². The smallest absolute Gasteiger partial charge is 0.345 e. The maximum atomic E-state index is 12.4. The molecule has 0 unspecified atom stereocenters. The number of hydrogen-bond acceptors (Lipinski definition) is 5. The lowest BCUT2D eigenvalue weighted by molar-refractivity contribution is 0.382. The summed E-state index contributed by atoms with van der Waals surface area (Å²) in [7, 11) is 7.03. The first-order valence-electron chi connectivity index (χ1n) is 10.4. The summed E-state index contributed by atoms with van der Waals surface area (Å²) in [5.74, 6) is 3.24. The van der Waals surface area contributed by atoms with Crippen LogP contribution in [0.15, 0.2) is 28.0 Å². The number of aryl methyl sites for hydroxylation is 2. The van der Waals surface area contributed by atoms with E-state index in [1.54, 1.807) is 25.9 Å². The maximum Gasteiger partial charge on any atom is 0.345 e. The van der Waals surface area contributed by atoms with Gasteiger partial charge in [0, 0.05) is 58.3 Å². The first-order chi connectivity index (χ1) is 14.6. The van der Waals surface area contributed by atoms with Gasteiger partial charge in [0.15, 0.2) is 5.96 Å². The van der Waals surface area contributed by atoms with E-state index in [2.05, 4.69) is 15.4 Å². The number of nitrogens with one attached hydrogen (secondary N) is 1. The largest absolute Gasteiger partial charge is 0.497 e. The van der Waals surface area contributed by atoms with Crippen molar-refractivity contribution in [1.82, 2.24) is 24.6 Å². The lowest BCUT2D eigenvalue weighted by Gasteiger charge is -2.23. The molecule has 0 radical (unpaired) electrons. The van der Waals surface area contributed by atoms with Crippen LogP contribution in [0.1, 0.15) is 30.7 Å². The van der Waals surface area contributed by atoms with Crippen molar-refractivity contribution in [2.24, 2.45) is 4.99 Å². The molecule has 9 heteroatoms. The summed E-state index contributed by atoms with van der Waals surface area (Å²) in [6.45, 7) is 2.73. The highest BCUT2D eigenvalue weighted by Crippen LogP contribution is 2.25. The molecule has 1 aromatic carbocycles. The molecule has 3 rings (SSSR count). The fourth-order valence-electron chi connectivity index (χ4n) is 3.72. The van der Waals surface area contributed by atoms with Crippen molar-refractivity contribution in [3.05, 3.63) is 40.1 Å². The van der Waals surface area contributed by atoms with E-state index in [4.69, 9.17) is 9.47 Å². The topological polar surface area (TPSA) is 85.9 Å². The van der Waals surface area contributed by atoms with Gasteiger partial charge in [0.1, 0.15) is 17.3 Å². The van der Waals surface area contributed by atoms with Gasteiger partial charge in [-0.05, 0) is 31.4 Å². The monoisotopic (exact) mass is 416 g/mol. The van der Waals surface area contributed by atoms with E-state index in [1.807, 2.05) is 34.7 Å². The fraction of sp³-hybridized carbons (Fsp3) is 0.571. The molecule has 0 saturated heterocycles. The Balaban J connectivity index is 1.52. The zero-order valence-electron chi connectivity index (χ0n) is 18.3. The number of rotatable bonds is 8. The third-order valence-corrected chi connectivity index (χ3v) is 5.34. The average molecular weight is 417 g/mol. The van der Waals surface area contributed by atoms with Gasteiger partial charge in [-0.25, -0.2) is 9.48 Å². The summed E-state index contributed by atoms with van der Waals surface area (Å²) >= 11 is 0. The molecule has 0 aliphatic carbocycles. The molecule has 0 saturated carbocycles. The number of nitrogens with zero attached hydrogens (tertiary/aromatic N) is 5. The quantitative estimate of drug-likeness (QED) is 0.399. The zero-order chi connectivity index (χ0) is 21.5. The Morgan fingerprint density at radius 1 is 1.30 bits per heavy atom. The van der Waals surface area contributed by atoms with E-state index < -0.39 is 0 Å². The van der Waals surface area contributed by atoms with Crippen LogP contribution in [0.3, 0.4) is 0 Å². The molecule has 30 heavy (non-hydrogen) atoms. The second-order valence-corrected chi connectivity index (χ2v) is 7.39. The Bertz CT molecular complexity index is 933. The van der Waals surface area contributed by atoms with Crippen LogP contribution >= 0.6 is 0 Å². The SMILES string of the molecule is CN=C(NCCCn1nc2n(c1=O)CCCC2)N(C)Cc1ccc(OC)cc1OC. The first kappa shape index (κ1) is 21.7. The van der Waals surface area contributed by atoms with E-state index in [0.29, 0.717) is 19.6 Å². The van der Waals surface area contributed by atoms with E-state index in [-0.39, 0.29) is 5.69 Å². The minimum Gasteiger partial charge on any atom is -0.497 e. The van der Waals surface area contributed by atoms with Crippen molar-refractivity contribution >= 4 is 5.96 Å². The molecule has 164 valence electrons.